The molecule has 21 nitrogen and oxygen atoms in total. The second-order valence-electron chi connectivity index (χ2n) is 17.9. The molecule has 5 atom stereocenters. The summed E-state index contributed by atoms with van der Waals surface area (Å²) >= 11 is 7.39. The second kappa shape index (κ2) is 36.7. The lowest BCUT2D eigenvalue weighted by atomic mass is 9.97. The van der Waals surface area contributed by atoms with Gasteiger partial charge in [-0.15, -0.1) is 0 Å². The molecule has 440 valence electrons. The van der Waals surface area contributed by atoms with Crippen molar-refractivity contribution in [3.8, 4) is 0 Å². The second-order valence-corrected chi connectivity index (χ2v) is 19.4. The summed E-state index contributed by atoms with van der Waals surface area (Å²) in [4.78, 5) is 41.4. The molecule has 7 N–H and O–H groups in total. The van der Waals surface area contributed by atoms with Gasteiger partial charge in [-0.1, -0.05) is 29.8 Å². The van der Waals surface area contributed by atoms with Crippen molar-refractivity contribution in [2.75, 3.05) is 141 Å². The Labute approximate surface area is 466 Å². The van der Waals surface area contributed by atoms with Gasteiger partial charge in [0.15, 0.2) is 6.29 Å². The zero-order chi connectivity index (χ0) is 56.7. The molecule has 2 heterocycles. The molecule has 0 spiro atoms. The zero-order valence-corrected chi connectivity index (χ0v) is 45.5. The number of aliphatic hydroxyl groups excluding tert-OH is 4. The highest BCUT2D eigenvalue weighted by atomic mass is 35.5. The number of thioether (sulfide) groups is 1. The normalized spacial score (nSPS) is 18.7. The third kappa shape index (κ3) is 24.2. The summed E-state index contributed by atoms with van der Waals surface area (Å²) in [5, 5.41) is 47.8. The molecule has 2 saturated heterocycles. The van der Waals surface area contributed by atoms with Crippen LogP contribution in [0.5, 0.6) is 0 Å². The van der Waals surface area contributed by atoms with Crippen molar-refractivity contribution >= 4 is 58.7 Å². The first-order valence-electron chi connectivity index (χ1n) is 26.0. The van der Waals surface area contributed by atoms with Crippen LogP contribution in [-0.2, 0) is 59.4 Å². The summed E-state index contributed by atoms with van der Waals surface area (Å²) in [5.74, 6) is -0.249. The maximum Gasteiger partial charge on any atom is 0.417 e. The first-order valence-corrected chi connectivity index (χ1v) is 27.6. The van der Waals surface area contributed by atoms with Crippen molar-refractivity contribution in [3.05, 3.63) is 93.5 Å². The molecule has 5 rings (SSSR count). The molecule has 3 aromatic rings. The first kappa shape index (κ1) is 65.3. The van der Waals surface area contributed by atoms with E-state index in [1.807, 2.05) is 12.1 Å². The number of ether oxygens (including phenoxy) is 9. The molecule has 0 aliphatic carbocycles. The van der Waals surface area contributed by atoms with Gasteiger partial charge in [-0.2, -0.15) is 30.0 Å². The van der Waals surface area contributed by atoms with Crippen molar-refractivity contribution in [2.45, 2.75) is 68.3 Å². The molecule has 79 heavy (non-hydrogen) atoms. The number of amides is 3. The van der Waals surface area contributed by atoms with E-state index < -0.39 is 71.7 Å². The van der Waals surface area contributed by atoms with Crippen LogP contribution in [0.4, 0.5) is 24.5 Å². The Balaban J connectivity index is 0.822. The average molecular weight is 1160 g/mol. The highest BCUT2D eigenvalue weighted by molar-refractivity contribution is 7.98. The minimum Gasteiger partial charge on any atom is -0.394 e. The number of nitrogens with zero attached hydrogens (tertiary/aromatic N) is 2. The van der Waals surface area contributed by atoms with Crippen molar-refractivity contribution in [2.24, 2.45) is 5.10 Å². The minimum absolute atomic E-state index is 0.0542. The number of anilines is 2. The lowest BCUT2D eigenvalue weighted by Crippen LogP contribution is -2.64. The third-order valence-corrected chi connectivity index (χ3v) is 13.4. The van der Waals surface area contributed by atoms with Gasteiger partial charge in [0.2, 0.25) is 5.91 Å². The molecule has 1 unspecified atom stereocenters. The van der Waals surface area contributed by atoms with Gasteiger partial charge in [-0.3, -0.25) is 14.4 Å². The number of halogens is 4. The van der Waals surface area contributed by atoms with Gasteiger partial charge in [0.25, 0.3) is 11.8 Å². The fraction of sp³-hybridized carbons (Fsp3) is 0.585. The van der Waals surface area contributed by atoms with E-state index in [9.17, 15) is 42.9 Å². The minimum atomic E-state index is -4.66. The van der Waals surface area contributed by atoms with Crippen LogP contribution >= 0.6 is 23.4 Å². The van der Waals surface area contributed by atoms with Crippen molar-refractivity contribution in [1.29, 1.82) is 0 Å². The highest BCUT2D eigenvalue weighted by Gasteiger charge is 2.44. The highest BCUT2D eigenvalue weighted by Crippen LogP contribution is 2.35. The summed E-state index contributed by atoms with van der Waals surface area (Å²) < 4.78 is 89.2. The van der Waals surface area contributed by atoms with Crippen molar-refractivity contribution in [3.63, 3.8) is 0 Å². The average Bonchev–Trinajstić information content (AvgIpc) is 3.44. The summed E-state index contributed by atoms with van der Waals surface area (Å²) in [6.07, 6.45) is -6.22. The Bertz CT molecular complexity index is 2310. The number of hydrazone groups is 1. The lowest BCUT2D eigenvalue weighted by molar-refractivity contribution is -0.253. The molecule has 0 bridgehead atoms. The predicted octanol–water partition coefficient (Wildman–Crippen LogP) is 4.04. The number of hydrogen-bond donors (Lipinski definition) is 7. The Morgan fingerprint density at radius 2 is 1.30 bits per heavy atom. The zero-order valence-electron chi connectivity index (χ0n) is 43.9. The molecule has 2 aliphatic rings. The number of hydrogen-bond acceptors (Lipinski definition) is 19. The number of carbonyl (C=O) groups is 3. The molecule has 0 radical (unpaired) electrons. The van der Waals surface area contributed by atoms with Gasteiger partial charge in [0, 0.05) is 42.3 Å². The number of benzene rings is 3. The van der Waals surface area contributed by atoms with Gasteiger partial charge in [0.1, 0.15) is 24.4 Å². The molecule has 2 fully saturated rings. The van der Waals surface area contributed by atoms with Gasteiger partial charge < -0.3 is 78.6 Å². The lowest BCUT2D eigenvalue weighted by Gasteiger charge is -2.40. The van der Waals surface area contributed by atoms with E-state index in [2.05, 4.69) is 26.1 Å². The van der Waals surface area contributed by atoms with Crippen LogP contribution in [-0.4, -0.2) is 206 Å². The van der Waals surface area contributed by atoms with E-state index in [-0.39, 0.29) is 43.1 Å². The largest absolute Gasteiger partial charge is 0.417 e. The fourth-order valence-corrected chi connectivity index (χ4v) is 8.89. The topological polar surface area (TPSA) is 267 Å². The molecule has 2 aliphatic heterocycles. The number of piperidine rings is 1. The van der Waals surface area contributed by atoms with E-state index in [0.29, 0.717) is 97.2 Å². The summed E-state index contributed by atoms with van der Waals surface area (Å²) in [6.45, 7) is 6.97. The summed E-state index contributed by atoms with van der Waals surface area (Å²) in [7, 11) is 0. The molecule has 3 amide bonds. The summed E-state index contributed by atoms with van der Waals surface area (Å²) in [6, 6.07) is 14.4. The monoisotopic (exact) mass is 1160 g/mol. The van der Waals surface area contributed by atoms with E-state index >= 15 is 0 Å². The van der Waals surface area contributed by atoms with Crippen molar-refractivity contribution in [1.82, 2.24) is 10.7 Å². The van der Waals surface area contributed by atoms with E-state index in [1.54, 1.807) is 42.1 Å². The number of aliphatic hydroxyl groups is 4. The Morgan fingerprint density at radius 3 is 1.89 bits per heavy atom. The number of carbonyl (C=O) groups excluding carboxylic acids is 3. The van der Waals surface area contributed by atoms with Crippen LogP contribution in [0.15, 0.2) is 65.8 Å². The van der Waals surface area contributed by atoms with Gasteiger partial charge in [-0.05, 0) is 72.9 Å². The Kier molecular flexibility index (Phi) is 30.3. The van der Waals surface area contributed by atoms with Crippen LogP contribution < -0.4 is 21.0 Å². The van der Waals surface area contributed by atoms with Gasteiger partial charge >= 0.3 is 6.18 Å². The van der Waals surface area contributed by atoms with Gasteiger partial charge in [-0.25, -0.2) is 5.43 Å². The number of nitrogens with one attached hydrogen (secondary N) is 3. The first-order chi connectivity index (χ1) is 38.2. The SMILES string of the molecule is O=C(CCOCCOCCOCCOCCOCCOCCOCCOCCSCc1cccc(C(=O)Nc2ccc(N3CCCCC3)cc2C(=O)NN=Cc2ccc(Cl)c(C(F)(F)F)c2)c1)N[C@H]1C(O)O[C@H](CO)[C@@H](O)[C@@H]1O. The molecular weight excluding hydrogens is 1090 g/mol. The third-order valence-electron chi connectivity index (χ3n) is 12.0. The molecule has 26 heteroatoms. The van der Waals surface area contributed by atoms with Crippen LogP contribution in [0, 0.1) is 0 Å². The van der Waals surface area contributed by atoms with E-state index in [0.717, 1.165) is 67.7 Å². The van der Waals surface area contributed by atoms with Crippen LogP contribution in [0.25, 0.3) is 0 Å². The van der Waals surface area contributed by atoms with Crippen LogP contribution in [0.2, 0.25) is 5.02 Å². The fourth-order valence-electron chi connectivity index (χ4n) is 7.87. The maximum absolute atomic E-state index is 13.5. The number of alkyl halides is 3. The summed E-state index contributed by atoms with van der Waals surface area (Å²) in [5.41, 5.74) is 3.95. The van der Waals surface area contributed by atoms with Crippen LogP contribution in [0.1, 0.15) is 63.1 Å². The standard InChI is InChI=1S/C53H73ClF3N5O16S/c54-43-9-7-37(32-42(43)53(55,56)57)34-58-61-51(68)41-33-40(62-12-2-1-3-13-62)8-10-44(41)59-50(67)39-6-4-5-38(31-39)36-79-30-29-77-28-27-76-26-25-75-24-23-74-22-21-73-20-19-72-18-17-71-16-15-70-14-11-46(64)60-47-49(66)48(65)45(35-63)78-52(47)69/h4-10,31-34,45,47-49,52,63,65-66,69H,1-3,11-30,35-36H2,(H,59,67)(H,60,64)(H,61,68)/t45-,47-,48-,49-,52?/m1/s1. The van der Waals surface area contributed by atoms with E-state index in [4.69, 9.17) is 59.3 Å². The van der Waals surface area contributed by atoms with Crippen molar-refractivity contribution < 1.29 is 90.6 Å². The van der Waals surface area contributed by atoms with Gasteiger partial charge in [0.05, 0.1) is 140 Å². The Morgan fingerprint density at radius 1 is 0.722 bits per heavy atom. The molecular formula is C53H73ClF3N5O16S. The molecule has 3 aromatic carbocycles. The molecule has 0 aromatic heterocycles. The molecule has 0 saturated carbocycles. The quantitative estimate of drug-likeness (QED) is 0.0244. The van der Waals surface area contributed by atoms with E-state index in [1.165, 1.54) is 6.07 Å². The smallest absolute Gasteiger partial charge is 0.394 e. The van der Waals surface area contributed by atoms with Crippen LogP contribution in [0.3, 0.4) is 0 Å². The number of rotatable bonds is 37. The maximum atomic E-state index is 13.5. The Hall–Kier alpha value is -4.55. The predicted molar refractivity (Wildman–Crippen MR) is 288 cm³/mol.